The van der Waals surface area contributed by atoms with Gasteiger partial charge in [-0.15, -0.1) is 0 Å². The van der Waals surface area contributed by atoms with Gasteiger partial charge in [0.1, 0.15) is 11.5 Å². The van der Waals surface area contributed by atoms with Crippen molar-refractivity contribution in [3.05, 3.63) is 59.2 Å². The Hall–Kier alpha value is -2.82. The number of hydrogen-bond donors (Lipinski definition) is 1. The van der Waals surface area contributed by atoms with Crippen LogP contribution in [0.25, 0.3) is 0 Å². The molecule has 0 bridgehead atoms. The van der Waals surface area contributed by atoms with Gasteiger partial charge in [0.05, 0.1) is 24.3 Å². The molecule has 0 aliphatic carbocycles. The lowest BCUT2D eigenvalue weighted by atomic mass is 9.97. The van der Waals surface area contributed by atoms with Gasteiger partial charge in [-0.1, -0.05) is 50.8 Å². The van der Waals surface area contributed by atoms with Crippen molar-refractivity contribution in [1.29, 1.82) is 0 Å². The second-order valence-electron chi connectivity index (χ2n) is 6.54. The number of carbonyl (C=O) groups is 2. The van der Waals surface area contributed by atoms with E-state index in [1.54, 1.807) is 31.2 Å². The zero-order chi connectivity index (χ0) is 20.4. The lowest BCUT2D eigenvalue weighted by molar-refractivity contribution is 0.0523. The zero-order valence-electron chi connectivity index (χ0n) is 16.6. The Morgan fingerprint density at radius 1 is 0.893 bits per heavy atom. The molecule has 0 heterocycles. The maximum atomic E-state index is 12.9. The van der Waals surface area contributed by atoms with Gasteiger partial charge in [0.25, 0.3) is 0 Å². The molecular formula is C23H28O5. The highest BCUT2D eigenvalue weighted by Gasteiger charge is 2.21. The number of ether oxygens (including phenoxy) is 2. The van der Waals surface area contributed by atoms with E-state index in [0.29, 0.717) is 12.4 Å². The lowest BCUT2D eigenvalue weighted by Gasteiger charge is -2.11. The van der Waals surface area contributed by atoms with Crippen LogP contribution in [-0.2, 0) is 4.74 Å². The molecule has 0 saturated carbocycles. The summed E-state index contributed by atoms with van der Waals surface area (Å²) in [5.41, 5.74) is 0.494. The maximum absolute atomic E-state index is 12.9. The lowest BCUT2D eigenvalue weighted by Crippen LogP contribution is -2.12. The number of phenolic OH excluding ortho intramolecular Hbond substituents is 1. The van der Waals surface area contributed by atoms with E-state index < -0.39 is 11.8 Å². The number of hydrogen-bond acceptors (Lipinski definition) is 5. The van der Waals surface area contributed by atoms with E-state index >= 15 is 0 Å². The van der Waals surface area contributed by atoms with Crippen LogP contribution in [-0.4, -0.2) is 30.1 Å². The van der Waals surface area contributed by atoms with E-state index in [1.807, 2.05) is 0 Å². The molecule has 2 aromatic carbocycles. The number of unbranched alkanes of at least 4 members (excludes halogenated alkanes) is 4. The molecule has 150 valence electrons. The molecule has 0 spiro atoms. The van der Waals surface area contributed by atoms with Gasteiger partial charge in [-0.05, 0) is 31.5 Å². The molecule has 0 fully saturated rings. The van der Waals surface area contributed by atoms with Gasteiger partial charge >= 0.3 is 5.97 Å². The van der Waals surface area contributed by atoms with Crippen LogP contribution in [0.5, 0.6) is 11.5 Å². The molecule has 5 nitrogen and oxygen atoms in total. The molecule has 0 saturated heterocycles. The van der Waals surface area contributed by atoms with E-state index in [-0.39, 0.29) is 29.0 Å². The third-order valence-corrected chi connectivity index (χ3v) is 4.40. The number of benzene rings is 2. The van der Waals surface area contributed by atoms with Crippen LogP contribution in [0.2, 0.25) is 0 Å². The first-order valence-electron chi connectivity index (χ1n) is 9.85. The Labute approximate surface area is 166 Å². The molecule has 0 aliphatic heterocycles. The van der Waals surface area contributed by atoms with E-state index in [0.717, 1.165) is 12.8 Å². The molecular weight excluding hydrogens is 356 g/mol. The first-order valence-corrected chi connectivity index (χ1v) is 9.85. The van der Waals surface area contributed by atoms with Crippen molar-refractivity contribution in [3.63, 3.8) is 0 Å². The van der Waals surface area contributed by atoms with E-state index in [2.05, 4.69) is 6.92 Å². The molecule has 0 atom stereocenters. The Bertz CT molecular complexity index is 797. The van der Waals surface area contributed by atoms with Crippen LogP contribution in [0.15, 0.2) is 42.5 Å². The largest absolute Gasteiger partial charge is 0.507 e. The van der Waals surface area contributed by atoms with Crippen molar-refractivity contribution in [3.8, 4) is 11.5 Å². The average Bonchev–Trinajstić information content (AvgIpc) is 2.70. The van der Waals surface area contributed by atoms with E-state index in [1.165, 1.54) is 37.5 Å². The van der Waals surface area contributed by atoms with Gasteiger partial charge in [-0.25, -0.2) is 4.79 Å². The average molecular weight is 384 g/mol. The minimum absolute atomic E-state index is 0.118. The minimum atomic E-state index is -0.561. The van der Waals surface area contributed by atoms with Gasteiger partial charge in [-0.3, -0.25) is 4.79 Å². The summed E-state index contributed by atoms with van der Waals surface area (Å²) in [6, 6.07) is 11.0. The Morgan fingerprint density at radius 2 is 1.61 bits per heavy atom. The van der Waals surface area contributed by atoms with Crippen molar-refractivity contribution in [1.82, 2.24) is 0 Å². The van der Waals surface area contributed by atoms with Gasteiger partial charge in [-0.2, -0.15) is 0 Å². The van der Waals surface area contributed by atoms with Crippen LogP contribution in [0, 0.1) is 0 Å². The summed E-state index contributed by atoms with van der Waals surface area (Å²) in [7, 11) is 0. The quantitative estimate of drug-likeness (QED) is 0.329. The smallest absolute Gasteiger partial charge is 0.338 e. The zero-order valence-corrected chi connectivity index (χ0v) is 16.6. The van der Waals surface area contributed by atoms with Gasteiger partial charge in [0, 0.05) is 11.6 Å². The van der Waals surface area contributed by atoms with Crippen LogP contribution >= 0.6 is 0 Å². The minimum Gasteiger partial charge on any atom is -0.507 e. The molecule has 2 rings (SSSR count). The number of rotatable bonds is 11. The third kappa shape index (κ3) is 5.84. The summed E-state index contributed by atoms with van der Waals surface area (Å²) in [6.45, 7) is 4.67. The van der Waals surface area contributed by atoms with Crippen LogP contribution in [0.4, 0.5) is 0 Å². The van der Waals surface area contributed by atoms with E-state index in [9.17, 15) is 14.7 Å². The van der Waals surface area contributed by atoms with Crippen LogP contribution < -0.4 is 4.74 Å². The summed E-state index contributed by atoms with van der Waals surface area (Å²) in [5, 5.41) is 10.3. The molecule has 0 aliphatic rings. The second-order valence-corrected chi connectivity index (χ2v) is 6.54. The molecule has 28 heavy (non-hydrogen) atoms. The normalized spacial score (nSPS) is 10.5. The fourth-order valence-corrected chi connectivity index (χ4v) is 2.90. The molecule has 5 heteroatoms. The SMILES string of the molecule is CCCCCCCOc1ccc(C(=O)c2ccccc2C(=O)OCC)c(O)c1. The summed E-state index contributed by atoms with van der Waals surface area (Å²) < 4.78 is 10.7. The summed E-state index contributed by atoms with van der Waals surface area (Å²) in [4.78, 5) is 25.0. The maximum Gasteiger partial charge on any atom is 0.338 e. The topological polar surface area (TPSA) is 72.8 Å². The number of aromatic hydroxyl groups is 1. The second kappa shape index (κ2) is 11.1. The Morgan fingerprint density at radius 3 is 2.29 bits per heavy atom. The van der Waals surface area contributed by atoms with Gasteiger partial charge in [0.15, 0.2) is 5.78 Å². The fourth-order valence-electron chi connectivity index (χ4n) is 2.90. The molecule has 2 aromatic rings. The molecule has 0 radical (unpaired) electrons. The summed E-state index contributed by atoms with van der Waals surface area (Å²) >= 11 is 0. The summed E-state index contributed by atoms with van der Waals surface area (Å²) in [5.74, 6) is -0.656. The van der Waals surface area contributed by atoms with E-state index in [4.69, 9.17) is 9.47 Å². The fraction of sp³-hybridized carbons (Fsp3) is 0.391. The predicted molar refractivity (Wildman–Crippen MR) is 108 cm³/mol. The molecule has 0 amide bonds. The van der Waals surface area contributed by atoms with Crippen molar-refractivity contribution in [2.75, 3.05) is 13.2 Å². The number of esters is 1. The third-order valence-electron chi connectivity index (χ3n) is 4.40. The molecule has 1 N–H and O–H groups in total. The monoisotopic (exact) mass is 384 g/mol. The number of ketones is 1. The molecule has 0 aromatic heterocycles. The van der Waals surface area contributed by atoms with Gasteiger partial charge in [0.2, 0.25) is 0 Å². The molecule has 0 unspecified atom stereocenters. The summed E-state index contributed by atoms with van der Waals surface area (Å²) in [6.07, 6.45) is 5.68. The van der Waals surface area contributed by atoms with Crippen molar-refractivity contribution >= 4 is 11.8 Å². The highest BCUT2D eigenvalue weighted by molar-refractivity contribution is 6.15. The van der Waals surface area contributed by atoms with Gasteiger partial charge < -0.3 is 14.6 Å². The Kier molecular flexibility index (Phi) is 8.53. The predicted octanol–water partition coefficient (Wildman–Crippen LogP) is 5.15. The highest BCUT2D eigenvalue weighted by Crippen LogP contribution is 2.27. The first kappa shape index (κ1) is 21.5. The van der Waals surface area contributed by atoms with Crippen LogP contribution in [0.3, 0.4) is 0 Å². The number of phenols is 1. The Balaban J connectivity index is 2.08. The first-order chi connectivity index (χ1) is 13.6. The highest BCUT2D eigenvalue weighted by atomic mass is 16.5. The number of carbonyl (C=O) groups excluding carboxylic acids is 2. The van der Waals surface area contributed by atoms with Crippen LogP contribution in [0.1, 0.15) is 72.2 Å². The standard InChI is InChI=1S/C23H28O5/c1-3-5-6-7-10-15-28-17-13-14-20(21(24)16-17)22(25)18-11-8-9-12-19(18)23(26)27-4-2/h8-9,11-14,16,24H,3-7,10,15H2,1-2H3. The van der Waals surface area contributed by atoms with Crippen molar-refractivity contribution in [2.45, 2.75) is 46.0 Å². The van der Waals surface area contributed by atoms with Crippen molar-refractivity contribution in [2.24, 2.45) is 0 Å². The van der Waals surface area contributed by atoms with Crippen molar-refractivity contribution < 1.29 is 24.2 Å².